The fraction of sp³-hybridized carbons (Fsp3) is 0.227. The number of carbonyl (C=O) groups excluding carboxylic acids is 1. The van der Waals surface area contributed by atoms with Gasteiger partial charge in [-0.2, -0.15) is 0 Å². The van der Waals surface area contributed by atoms with E-state index in [0.717, 1.165) is 11.3 Å². The predicted molar refractivity (Wildman–Crippen MR) is 120 cm³/mol. The Kier molecular flexibility index (Phi) is 6.20. The van der Waals surface area contributed by atoms with Gasteiger partial charge in [-0.05, 0) is 30.7 Å². The molecule has 11 nitrogen and oxygen atoms in total. The highest BCUT2D eigenvalue weighted by molar-refractivity contribution is 6.06. The van der Waals surface area contributed by atoms with Crippen molar-refractivity contribution in [3.8, 4) is 11.3 Å². The number of rotatable bonds is 8. The zero-order valence-corrected chi connectivity index (χ0v) is 17.9. The van der Waals surface area contributed by atoms with E-state index in [0.29, 0.717) is 30.0 Å². The van der Waals surface area contributed by atoms with E-state index < -0.39 is 17.2 Å². The highest BCUT2D eigenvalue weighted by Crippen LogP contribution is 2.25. The molecule has 11 heteroatoms. The number of hydrogen-bond acceptors (Lipinski definition) is 8. The maximum Gasteiger partial charge on any atom is 0.330 e. The summed E-state index contributed by atoms with van der Waals surface area (Å²) in [7, 11) is 0. The van der Waals surface area contributed by atoms with Crippen LogP contribution >= 0.6 is 0 Å². The Morgan fingerprint density at radius 3 is 2.82 bits per heavy atom. The monoisotopic (exact) mass is 450 g/mol. The van der Waals surface area contributed by atoms with Crippen LogP contribution in [0.25, 0.3) is 11.3 Å². The Morgan fingerprint density at radius 1 is 1.27 bits per heavy atom. The Hall–Kier alpha value is -4.41. The van der Waals surface area contributed by atoms with E-state index in [1.54, 1.807) is 36.7 Å². The average molecular weight is 450 g/mol. The van der Waals surface area contributed by atoms with Gasteiger partial charge in [0.25, 0.3) is 11.5 Å². The van der Waals surface area contributed by atoms with Crippen molar-refractivity contribution in [1.29, 1.82) is 0 Å². The van der Waals surface area contributed by atoms with Gasteiger partial charge >= 0.3 is 5.69 Å². The van der Waals surface area contributed by atoms with Crippen molar-refractivity contribution in [3.05, 3.63) is 81.3 Å². The molecule has 0 saturated heterocycles. The van der Waals surface area contributed by atoms with Gasteiger partial charge in [0.2, 0.25) is 0 Å². The fourth-order valence-corrected chi connectivity index (χ4v) is 3.35. The van der Waals surface area contributed by atoms with Crippen molar-refractivity contribution < 1.29 is 13.7 Å². The summed E-state index contributed by atoms with van der Waals surface area (Å²) in [6.45, 7) is 2.15. The van der Waals surface area contributed by atoms with Crippen LogP contribution in [0.5, 0.6) is 0 Å². The second-order valence-electron chi connectivity index (χ2n) is 7.29. The van der Waals surface area contributed by atoms with E-state index in [4.69, 9.17) is 14.7 Å². The standard InChI is InChI=1S/C22H22N6O5/c1-2-3-9-27-19(23)18(20(29)25-22(27)31)28(13-15-7-5-10-32-15)21(30)16-11-17(33-26-16)14-6-4-8-24-12-14/h4-8,10-12H,2-3,9,13,23H2,1H3,(H,25,29,31). The van der Waals surface area contributed by atoms with E-state index in [9.17, 15) is 14.4 Å². The topological polar surface area (TPSA) is 153 Å². The minimum atomic E-state index is -0.791. The van der Waals surface area contributed by atoms with Gasteiger partial charge in [-0.25, -0.2) is 4.79 Å². The summed E-state index contributed by atoms with van der Waals surface area (Å²) in [5.74, 6) is -0.0279. The lowest BCUT2D eigenvalue weighted by Crippen LogP contribution is -2.41. The molecule has 4 heterocycles. The van der Waals surface area contributed by atoms with Crippen LogP contribution in [-0.4, -0.2) is 25.6 Å². The normalized spacial score (nSPS) is 10.9. The number of hydrogen-bond donors (Lipinski definition) is 2. The Balaban J connectivity index is 1.78. The molecular formula is C22H22N6O5. The largest absolute Gasteiger partial charge is 0.467 e. The lowest BCUT2D eigenvalue weighted by molar-refractivity contribution is 0.0974. The van der Waals surface area contributed by atoms with E-state index in [2.05, 4.69) is 15.1 Å². The molecule has 4 rings (SSSR count). The quantitative estimate of drug-likeness (QED) is 0.415. The first-order chi connectivity index (χ1) is 16.0. The summed E-state index contributed by atoms with van der Waals surface area (Å²) in [6, 6.07) is 8.25. The molecule has 0 unspecified atom stereocenters. The second kappa shape index (κ2) is 9.39. The lowest BCUT2D eigenvalue weighted by atomic mass is 10.2. The molecule has 0 fully saturated rings. The molecule has 1 amide bonds. The third-order valence-electron chi connectivity index (χ3n) is 5.03. The van der Waals surface area contributed by atoms with Crippen LogP contribution in [0.15, 0.2) is 67.5 Å². The van der Waals surface area contributed by atoms with Gasteiger partial charge in [0.1, 0.15) is 11.6 Å². The molecule has 0 aromatic carbocycles. The number of nitrogens with one attached hydrogen (secondary N) is 1. The van der Waals surface area contributed by atoms with Crippen LogP contribution in [0.1, 0.15) is 36.0 Å². The van der Waals surface area contributed by atoms with Crippen LogP contribution in [0.2, 0.25) is 0 Å². The fourth-order valence-electron chi connectivity index (χ4n) is 3.35. The molecule has 4 aromatic heterocycles. The van der Waals surface area contributed by atoms with Crippen LogP contribution in [0.4, 0.5) is 11.5 Å². The summed E-state index contributed by atoms with van der Waals surface area (Å²) in [5.41, 5.74) is 5.22. The molecule has 170 valence electrons. The first kappa shape index (κ1) is 21.8. The van der Waals surface area contributed by atoms with Crippen molar-refractivity contribution in [2.75, 3.05) is 10.6 Å². The minimum absolute atomic E-state index is 0.0504. The van der Waals surface area contributed by atoms with Gasteiger partial charge in [-0.3, -0.25) is 29.0 Å². The molecule has 0 atom stereocenters. The number of pyridine rings is 1. The molecule has 0 spiro atoms. The molecule has 4 aromatic rings. The zero-order valence-electron chi connectivity index (χ0n) is 17.9. The lowest BCUT2D eigenvalue weighted by Gasteiger charge is -2.22. The van der Waals surface area contributed by atoms with Crippen LogP contribution in [0.3, 0.4) is 0 Å². The summed E-state index contributed by atoms with van der Waals surface area (Å²) in [4.78, 5) is 46.0. The molecule has 3 N–H and O–H groups in total. The number of carbonyl (C=O) groups is 1. The highest BCUT2D eigenvalue weighted by atomic mass is 16.5. The number of nitrogens with two attached hydrogens (primary N) is 1. The first-order valence-electron chi connectivity index (χ1n) is 10.3. The van der Waals surface area contributed by atoms with Gasteiger partial charge < -0.3 is 14.7 Å². The molecule has 0 aliphatic carbocycles. The summed E-state index contributed by atoms with van der Waals surface area (Å²) in [5, 5.41) is 3.87. The van der Waals surface area contributed by atoms with E-state index in [1.807, 2.05) is 6.92 Å². The van der Waals surface area contributed by atoms with Crippen LogP contribution in [0, 0.1) is 0 Å². The van der Waals surface area contributed by atoms with Crippen molar-refractivity contribution in [1.82, 2.24) is 19.7 Å². The number of amides is 1. The van der Waals surface area contributed by atoms with Gasteiger partial charge in [0.05, 0.1) is 12.8 Å². The SMILES string of the molecule is CCCCn1c(N)c(N(Cc2ccco2)C(=O)c2cc(-c3cccnc3)on2)c(=O)[nH]c1=O. The van der Waals surface area contributed by atoms with E-state index in [1.165, 1.54) is 16.9 Å². The predicted octanol–water partition coefficient (Wildman–Crippen LogP) is 2.41. The second-order valence-corrected chi connectivity index (χ2v) is 7.29. The van der Waals surface area contributed by atoms with Crippen LogP contribution in [-0.2, 0) is 13.1 Å². The van der Waals surface area contributed by atoms with Gasteiger partial charge in [0.15, 0.2) is 17.1 Å². The Morgan fingerprint density at radius 2 is 2.12 bits per heavy atom. The van der Waals surface area contributed by atoms with Crippen molar-refractivity contribution in [2.24, 2.45) is 0 Å². The van der Waals surface area contributed by atoms with Crippen molar-refractivity contribution in [2.45, 2.75) is 32.9 Å². The number of furan rings is 1. The summed E-state index contributed by atoms with van der Waals surface area (Å²) in [6.07, 6.45) is 6.11. The molecule has 0 saturated carbocycles. The third kappa shape index (κ3) is 4.47. The molecule has 0 bridgehead atoms. The van der Waals surface area contributed by atoms with Gasteiger partial charge in [-0.1, -0.05) is 18.5 Å². The Labute approximate surface area is 187 Å². The van der Waals surface area contributed by atoms with Gasteiger partial charge in [0, 0.05) is 30.6 Å². The number of aromatic amines is 1. The number of H-pyrrole nitrogens is 1. The van der Waals surface area contributed by atoms with Gasteiger partial charge in [-0.15, -0.1) is 0 Å². The highest BCUT2D eigenvalue weighted by Gasteiger charge is 2.28. The molecule has 0 aliphatic rings. The number of nitrogens with zero attached hydrogens (tertiary/aromatic N) is 4. The average Bonchev–Trinajstić information content (AvgIpc) is 3.51. The molecular weight excluding hydrogens is 428 g/mol. The number of nitrogen functional groups attached to an aromatic ring is 1. The Bertz CT molecular complexity index is 1350. The number of anilines is 2. The van der Waals surface area contributed by atoms with Crippen molar-refractivity contribution in [3.63, 3.8) is 0 Å². The summed E-state index contributed by atoms with van der Waals surface area (Å²) >= 11 is 0. The molecule has 0 radical (unpaired) electrons. The molecule has 0 aliphatic heterocycles. The first-order valence-corrected chi connectivity index (χ1v) is 10.3. The molecule has 33 heavy (non-hydrogen) atoms. The van der Waals surface area contributed by atoms with Crippen LogP contribution < -0.4 is 21.9 Å². The summed E-state index contributed by atoms with van der Waals surface area (Å²) < 4.78 is 11.9. The zero-order chi connectivity index (χ0) is 23.4. The van der Waals surface area contributed by atoms with Crippen molar-refractivity contribution >= 4 is 17.4 Å². The van der Waals surface area contributed by atoms with E-state index in [-0.39, 0.29) is 23.7 Å². The van der Waals surface area contributed by atoms with E-state index >= 15 is 0 Å². The number of aromatic nitrogens is 4. The third-order valence-corrected chi connectivity index (χ3v) is 5.03. The maximum absolute atomic E-state index is 13.5. The smallest absolute Gasteiger partial charge is 0.330 e. The maximum atomic E-state index is 13.5. The minimum Gasteiger partial charge on any atom is -0.467 e. The number of unbranched alkanes of at least 4 members (excludes halogenated alkanes) is 1.